The van der Waals surface area contributed by atoms with Crippen LogP contribution < -0.4 is 0 Å². The molecular formula is C8H13N3. The molecule has 1 N–H and O–H groups in total. The molecule has 11 heavy (non-hydrogen) atoms. The lowest BCUT2D eigenvalue weighted by molar-refractivity contribution is 1.11. The largest absolute Gasteiger partial charge is 0.306 e. The third-order valence-electron chi connectivity index (χ3n) is 1.02. The Bertz CT molecular complexity index is 202. The summed E-state index contributed by atoms with van der Waals surface area (Å²) in [6.45, 7) is 7.53. The molecular weight excluding hydrogens is 138 g/mol. The van der Waals surface area contributed by atoms with Crippen LogP contribution in [0.2, 0.25) is 0 Å². The molecule has 0 atom stereocenters. The van der Waals surface area contributed by atoms with Gasteiger partial charge in [0, 0.05) is 18.6 Å². The lowest BCUT2D eigenvalue weighted by atomic mass is 10.6. The Labute approximate surface area is 66.9 Å². The average molecular weight is 151 g/mol. The van der Waals surface area contributed by atoms with Gasteiger partial charge in [-0.05, 0) is 0 Å². The summed E-state index contributed by atoms with van der Waals surface area (Å²) in [7, 11) is 0. The molecule has 1 aromatic heterocycles. The van der Waals surface area contributed by atoms with Crippen molar-refractivity contribution in [1.82, 2.24) is 9.55 Å². The van der Waals surface area contributed by atoms with Crippen LogP contribution in [0.15, 0.2) is 19.0 Å². The molecule has 0 aromatic carbocycles. The highest BCUT2D eigenvalue weighted by Crippen LogP contribution is 1.91. The molecule has 0 bridgehead atoms. The number of aromatic nitrogens is 2. The second-order valence-corrected chi connectivity index (χ2v) is 1.52. The van der Waals surface area contributed by atoms with Crippen molar-refractivity contribution in [3.8, 4) is 0 Å². The van der Waals surface area contributed by atoms with Gasteiger partial charge < -0.3 is 9.98 Å². The Morgan fingerprint density at radius 3 is 2.64 bits per heavy atom. The highest BCUT2D eigenvalue weighted by molar-refractivity contribution is 5.72. The van der Waals surface area contributed by atoms with E-state index in [4.69, 9.17) is 5.41 Å². The van der Waals surface area contributed by atoms with Crippen molar-refractivity contribution in [2.45, 2.75) is 13.8 Å². The van der Waals surface area contributed by atoms with Gasteiger partial charge in [-0.25, -0.2) is 4.98 Å². The summed E-state index contributed by atoms with van der Waals surface area (Å²) in [5, 5.41) is 6.85. The maximum Gasteiger partial charge on any atom is 0.154 e. The van der Waals surface area contributed by atoms with Gasteiger partial charge in [-0.1, -0.05) is 20.4 Å². The minimum absolute atomic E-state index is 0.602. The first-order valence-electron chi connectivity index (χ1n) is 3.54. The molecule has 3 heteroatoms. The van der Waals surface area contributed by atoms with E-state index in [0.29, 0.717) is 5.82 Å². The van der Waals surface area contributed by atoms with Crippen LogP contribution in [-0.4, -0.2) is 15.8 Å². The highest BCUT2D eigenvalue weighted by atomic mass is 15.0. The van der Waals surface area contributed by atoms with E-state index in [-0.39, 0.29) is 0 Å². The van der Waals surface area contributed by atoms with Crippen LogP contribution in [-0.2, 0) is 0 Å². The molecule has 0 aliphatic heterocycles. The van der Waals surface area contributed by atoms with Gasteiger partial charge in [-0.15, -0.1) is 0 Å². The number of nitrogens with one attached hydrogen (secondary N) is 1. The maximum absolute atomic E-state index is 6.85. The standard InChI is InChI=1S/C6H7N3.C2H6/c1-2-9-4-3-8-6(9)5-7;1-2/h2-5,7H,1H2;1-2H3. The predicted octanol–water partition coefficient (Wildman–Crippen LogP) is 2.01. The molecule has 1 rings (SSSR count). The van der Waals surface area contributed by atoms with Crippen LogP contribution in [0.25, 0.3) is 6.20 Å². The number of nitrogens with zero attached hydrogens (tertiary/aromatic N) is 2. The fourth-order valence-electron chi connectivity index (χ4n) is 0.591. The van der Waals surface area contributed by atoms with E-state index in [1.165, 1.54) is 6.21 Å². The van der Waals surface area contributed by atoms with Crippen molar-refractivity contribution in [2.75, 3.05) is 0 Å². The van der Waals surface area contributed by atoms with Crippen molar-refractivity contribution < 1.29 is 0 Å². The monoisotopic (exact) mass is 151 g/mol. The number of hydrogen-bond donors (Lipinski definition) is 1. The van der Waals surface area contributed by atoms with Gasteiger partial charge in [0.05, 0.1) is 6.21 Å². The summed E-state index contributed by atoms with van der Waals surface area (Å²) in [5.41, 5.74) is 0. The molecule has 0 spiro atoms. The molecule has 1 aromatic rings. The summed E-state index contributed by atoms with van der Waals surface area (Å²) >= 11 is 0. The fraction of sp³-hybridized carbons (Fsp3) is 0.250. The molecule has 0 unspecified atom stereocenters. The lowest BCUT2D eigenvalue weighted by Gasteiger charge is -1.90. The zero-order chi connectivity index (χ0) is 8.69. The molecule has 3 nitrogen and oxygen atoms in total. The van der Waals surface area contributed by atoms with Crippen molar-refractivity contribution in [3.63, 3.8) is 0 Å². The normalized spacial score (nSPS) is 7.82. The Morgan fingerprint density at radius 1 is 1.64 bits per heavy atom. The van der Waals surface area contributed by atoms with Crippen LogP contribution in [0, 0.1) is 5.41 Å². The van der Waals surface area contributed by atoms with E-state index >= 15 is 0 Å². The number of hydrogen-bond acceptors (Lipinski definition) is 2. The van der Waals surface area contributed by atoms with Crippen molar-refractivity contribution in [1.29, 1.82) is 5.41 Å². The van der Waals surface area contributed by atoms with Gasteiger partial charge in [0.25, 0.3) is 0 Å². The van der Waals surface area contributed by atoms with Crippen molar-refractivity contribution in [2.24, 2.45) is 0 Å². The zero-order valence-electron chi connectivity index (χ0n) is 6.91. The molecule has 0 amide bonds. The maximum atomic E-state index is 6.85. The Kier molecular flexibility index (Phi) is 4.73. The average Bonchev–Trinajstić information content (AvgIpc) is 2.54. The first kappa shape index (κ1) is 9.62. The van der Waals surface area contributed by atoms with Crippen LogP contribution in [0.5, 0.6) is 0 Å². The van der Waals surface area contributed by atoms with Gasteiger partial charge in [-0.2, -0.15) is 0 Å². The second kappa shape index (κ2) is 5.41. The summed E-state index contributed by atoms with van der Waals surface area (Å²) < 4.78 is 1.67. The topological polar surface area (TPSA) is 41.7 Å². The lowest BCUT2D eigenvalue weighted by Crippen LogP contribution is -1.91. The Balaban J connectivity index is 0.000000461. The fourth-order valence-corrected chi connectivity index (χ4v) is 0.591. The molecule has 60 valence electrons. The molecule has 0 aliphatic carbocycles. The molecule has 0 fully saturated rings. The SMILES string of the molecule is C=Cn1ccnc1C=N.CC. The van der Waals surface area contributed by atoms with Crippen molar-refractivity contribution >= 4 is 12.4 Å². The molecule has 0 saturated heterocycles. The second-order valence-electron chi connectivity index (χ2n) is 1.52. The first-order valence-corrected chi connectivity index (χ1v) is 3.54. The Morgan fingerprint density at radius 2 is 2.27 bits per heavy atom. The van der Waals surface area contributed by atoms with Gasteiger partial charge in [-0.3, -0.25) is 0 Å². The van der Waals surface area contributed by atoms with E-state index < -0.39 is 0 Å². The third-order valence-corrected chi connectivity index (χ3v) is 1.02. The Hall–Kier alpha value is -1.38. The molecule has 0 radical (unpaired) electrons. The molecule has 0 saturated carbocycles. The van der Waals surface area contributed by atoms with E-state index in [2.05, 4.69) is 11.6 Å². The van der Waals surface area contributed by atoms with Crippen LogP contribution >= 0.6 is 0 Å². The molecule has 0 aliphatic rings. The van der Waals surface area contributed by atoms with Gasteiger partial charge in [0.2, 0.25) is 0 Å². The minimum atomic E-state index is 0.602. The predicted molar refractivity (Wildman–Crippen MR) is 47.8 cm³/mol. The third kappa shape index (κ3) is 2.37. The summed E-state index contributed by atoms with van der Waals surface area (Å²) in [6, 6.07) is 0. The smallest absolute Gasteiger partial charge is 0.154 e. The number of imidazole rings is 1. The van der Waals surface area contributed by atoms with E-state index in [9.17, 15) is 0 Å². The highest BCUT2D eigenvalue weighted by Gasteiger charge is 1.90. The van der Waals surface area contributed by atoms with Crippen molar-refractivity contribution in [3.05, 3.63) is 24.8 Å². The summed E-state index contributed by atoms with van der Waals surface area (Å²) in [4.78, 5) is 3.85. The minimum Gasteiger partial charge on any atom is -0.306 e. The number of rotatable bonds is 2. The molecule has 1 heterocycles. The van der Waals surface area contributed by atoms with E-state index in [1.54, 1.807) is 23.2 Å². The zero-order valence-corrected chi connectivity index (χ0v) is 6.91. The first-order chi connectivity index (χ1) is 5.38. The van der Waals surface area contributed by atoms with E-state index in [1.807, 2.05) is 13.8 Å². The van der Waals surface area contributed by atoms with Gasteiger partial charge in [0.1, 0.15) is 0 Å². The summed E-state index contributed by atoms with van der Waals surface area (Å²) in [5.74, 6) is 0.602. The van der Waals surface area contributed by atoms with Crippen LogP contribution in [0.1, 0.15) is 19.7 Å². The van der Waals surface area contributed by atoms with E-state index in [0.717, 1.165) is 0 Å². The van der Waals surface area contributed by atoms with Crippen LogP contribution in [0.4, 0.5) is 0 Å². The summed E-state index contributed by atoms with van der Waals surface area (Å²) in [6.07, 6.45) is 6.16. The van der Waals surface area contributed by atoms with Gasteiger partial charge in [0.15, 0.2) is 5.82 Å². The van der Waals surface area contributed by atoms with Gasteiger partial charge >= 0.3 is 0 Å². The quantitative estimate of drug-likeness (QED) is 0.645. The van der Waals surface area contributed by atoms with Crippen LogP contribution in [0.3, 0.4) is 0 Å².